The average molecular weight is 485 g/mol. The fourth-order valence-corrected chi connectivity index (χ4v) is 4.06. The summed E-state index contributed by atoms with van der Waals surface area (Å²) < 4.78 is 1.19. The van der Waals surface area contributed by atoms with E-state index in [2.05, 4.69) is 83.4 Å². The Kier molecular flexibility index (Phi) is 5.92. The maximum absolute atomic E-state index is 10.6. The molecular weight excluding hydrogens is 461 g/mol. The highest BCUT2D eigenvalue weighted by Crippen LogP contribution is 2.32. The van der Waals surface area contributed by atoms with Crippen LogP contribution in [0, 0.1) is 3.57 Å². The Hall–Kier alpha value is -1.99. The Morgan fingerprint density at radius 1 is 1.07 bits per heavy atom. The van der Waals surface area contributed by atoms with E-state index in [1.54, 1.807) is 0 Å². The first-order valence-corrected chi connectivity index (χ1v) is 10.9. The molecule has 3 aromatic rings. The van der Waals surface area contributed by atoms with Gasteiger partial charge in [-0.1, -0.05) is 49.7 Å². The lowest BCUT2D eigenvalue weighted by molar-refractivity contribution is 0.203. The normalized spacial score (nSPS) is 13.5. The monoisotopic (exact) mass is 485 g/mol. The number of aliphatic hydroxyl groups excluding tert-OH is 1. The van der Waals surface area contributed by atoms with Gasteiger partial charge in [-0.2, -0.15) is 0 Å². The Bertz CT molecular complexity index is 972. The molecule has 0 amide bonds. The van der Waals surface area contributed by atoms with Crippen LogP contribution in [0.15, 0.2) is 48.5 Å². The van der Waals surface area contributed by atoms with Crippen molar-refractivity contribution in [2.24, 2.45) is 0 Å². The highest BCUT2D eigenvalue weighted by atomic mass is 127. The van der Waals surface area contributed by atoms with Crippen LogP contribution in [0.25, 0.3) is 11.3 Å². The van der Waals surface area contributed by atoms with Gasteiger partial charge >= 0.3 is 0 Å². The molecule has 0 saturated heterocycles. The van der Waals surface area contributed by atoms with E-state index in [-0.39, 0.29) is 0 Å². The summed E-state index contributed by atoms with van der Waals surface area (Å²) in [5, 5.41) is 13.8. The van der Waals surface area contributed by atoms with Gasteiger partial charge < -0.3 is 10.4 Å². The predicted octanol–water partition coefficient (Wildman–Crippen LogP) is 4.77. The van der Waals surface area contributed by atoms with Crippen molar-refractivity contribution in [3.8, 4) is 11.3 Å². The number of anilines is 1. The van der Waals surface area contributed by atoms with Crippen LogP contribution >= 0.6 is 22.6 Å². The van der Waals surface area contributed by atoms with E-state index in [4.69, 9.17) is 9.97 Å². The number of rotatable bonds is 6. The van der Waals surface area contributed by atoms with E-state index in [0.29, 0.717) is 6.42 Å². The molecular formula is C23H24IN3O. The molecule has 0 radical (unpaired) electrons. The summed E-state index contributed by atoms with van der Waals surface area (Å²) in [7, 11) is 0. The number of hydrogen-bond acceptors (Lipinski definition) is 4. The minimum absolute atomic E-state index is 0.532. The van der Waals surface area contributed by atoms with E-state index in [1.807, 2.05) is 0 Å². The molecule has 1 unspecified atom stereocenters. The van der Waals surface area contributed by atoms with Crippen LogP contribution in [0.3, 0.4) is 0 Å². The van der Waals surface area contributed by atoms with Gasteiger partial charge in [0.25, 0.3) is 0 Å². The fourth-order valence-electron chi connectivity index (χ4n) is 3.70. The molecule has 0 bridgehead atoms. The van der Waals surface area contributed by atoms with Gasteiger partial charge in [0, 0.05) is 15.6 Å². The summed E-state index contributed by atoms with van der Waals surface area (Å²) in [6.45, 7) is 2.14. The third-order valence-corrected chi connectivity index (χ3v) is 5.80. The largest absolute Gasteiger partial charge is 0.373 e. The van der Waals surface area contributed by atoms with Gasteiger partial charge in [-0.3, -0.25) is 0 Å². The van der Waals surface area contributed by atoms with E-state index in [0.717, 1.165) is 54.1 Å². The first-order valence-electron chi connectivity index (χ1n) is 9.81. The molecule has 0 fully saturated rings. The number of benzene rings is 2. The first-order chi connectivity index (χ1) is 13.6. The van der Waals surface area contributed by atoms with Crippen molar-refractivity contribution in [3.63, 3.8) is 0 Å². The quantitative estimate of drug-likeness (QED) is 0.390. The molecule has 1 aliphatic rings. The Morgan fingerprint density at radius 3 is 2.64 bits per heavy atom. The second-order valence-corrected chi connectivity index (χ2v) is 8.46. The molecule has 2 N–H and O–H groups in total. The van der Waals surface area contributed by atoms with E-state index < -0.39 is 6.23 Å². The van der Waals surface area contributed by atoms with Crippen LogP contribution in [-0.2, 0) is 25.7 Å². The number of nitrogens with zero attached hydrogens (tertiary/aromatic N) is 2. The molecule has 2 aromatic carbocycles. The predicted molar refractivity (Wildman–Crippen MR) is 121 cm³/mol. The van der Waals surface area contributed by atoms with Crippen LogP contribution in [0.5, 0.6) is 0 Å². The van der Waals surface area contributed by atoms with Gasteiger partial charge in [-0.15, -0.1) is 0 Å². The van der Waals surface area contributed by atoms with Crippen LogP contribution in [0.1, 0.15) is 35.9 Å². The van der Waals surface area contributed by atoms with Crippen molar-refractivity contribution in [1.29, 1.82) is 0 Å². The zero-order valence-electron chi connectivity index (χ0n) is 16.0. The molecule has 0 aliphatic heterocycles. The molecule has 0 spiro atoms. The molecule has 1 heterocycles. The van der Waals surface area contributed by atoms with E-state index in [1.165, 1.54) is 14.7 Å². The summed E-state index contributed by atoms with van der Waals surface area (Å²) in [5.41, 5.74) is 6.58. The van der Waals surface area contributed by atoms with E-state index in [9.17, 15) is 5.11 Å². The summed E-state index contributed by atoms with van der Waals surface area (Å²) >= 11 is 2.29. The Morgan fingerprint density at radius 2 is 1.86 bits per heavy atom. The van der Waals surface area contributed by atoms with Gasteiger partial charge in [0.15, 0.2) is 0 Å². The average Bonchev–Trinajstić information content (AvgIpc) is 2.70. The number of fused-ring (bicyclic) bond motifs is 3. The van der Waals surface area contributed by atoms with Crippen molar-refractivity contribution in [1.82, 2.24) is 9.97 Å². The van der Waals surface area contributed by atoms with Gasteiger partial charge in [0.1, 0.15) is 12.0 Å². The standard InChI is InChI=1S/C23H24IN3O/c1-2-5-20-23(27-21(28)14-15-8-11-17(24)12-9-15)26-19-13-10-16-6-3-4-7-18(16)22(19)25-20/h3-4,6-9,11-12,21,28H,2,5,10,13-14H2,1H3,(H,26,27). The molecule has 4 nitrogen and oxygen atoms in total. The van der Waals surface area contributed by atoms with Crippen molar-refractivity contribution >= 4 is 28.4 Å². The highest BCUT2D eigenvalue weighted by molar-refractivity contribution is 14.1. The third-order valence-electron chi connectivity index (χ3n) is 5.08. The molecule has 1 aliphatic carbocycles. The molecule has 28 heavy (non-hydrogen) atoms. The maximum atomic E-state index is 10.6. The molecule has 1 atom stereocenters. The number of aliphatic hydroxyl groups is 1. The van der Waals surface area contributed by atoms with Gasteiger partial charge in [0.05, 0.1) is 17.1 Å². The summed E-state index contributed by atoms with van der Waals surface area (Å²) in [6, 6.07) is 16.7. The highest BCUT2D eigenvalue weighted by Gasteiger charge is 2.22. The lowest BCUT2D eigenvalue weighted by Crippen LogP contribution is -2.24. The maximum Gasteiger partial charge on any atom is 0.150 e. The zero-order chi connectivity index (χ0) is 19.5. The molecule has 1 aromatic heterocycles. The second kappa shape index (κ2) is 8.57. The topological polar surface area (TPSA) is 58.0 Å². The number of halogens is 1. The van der Waals surface area contributed by atoms with Gasteiger partial charge in [0.2, 0.25) is 0 Å². The second-order valence-electron chi connectivity index (χ2n) is 7.21. The lowest BCUT2D eigenvalue weighted by atomic mass is 9.91. The van der Waals surface area contributed by atoms with Gasteiger partial charge in [-0.25, -0.2) is 9.97 Å². The van der Waals surface area contributed by atoms with Gasteiger partial charge in [-0.05, 0) is 65.1 Å². The molecule has 0 saturated carbocycles. The van der Waals surface area contributed by atoms with Crippen LogP contribution in [-0.4, -0.2) is 21.3 Å². The van der Waals surface area contributed by atoms with Crippen molar-refractivity contribution < 1.29 is 5.11 Å². The number of hydrogen-bond donors (Lipinski definition) is 2. The smallest absolute Gasteiger partial charge is 0.150 e. The number of nitrogens with one attached hydrogen (secondary N) is 1. The third kappa shape index (κ3) is 4.20. The Balaban J connectivity index is 1.61. The summed E-state index contributed by atoms with van der Waals surface area (Å²) in [5.74, 6) is 0.720. The van der Waals surface area contributed by atoms with Crippen molar-refractivity contribution in [2.75, 3.05) is 5.32 Å². The fraction of sp³-hybridized carbons (Fsp3) is 0.304. The number of aromatic nitrogens is 2. The van der Waals surface area contributed by atoms with Crippen LogP contribution in [0.2, 0.25) is 0 Å². The SMILES string of the molecule is CCCc1nc2c(nc1NC(O)Cc1ccc(I)cc1)CCc1ccccc1-2. The van der Waals surface area contributed by atoms with Crippen molar-refractivity contribution in [2.45, 2.75) is 45.3 Å². The van der Waals surface area contributed by atoms with E-state index >= 15 is 0 Å². The molecule has 4 rings (SSSR count). The number of aryl methyl sites for hydroxylation is 3. The van der Waals surface area contributed by atoms with Crippen LogP contribution < -0.4 is 5.32 Å². The Labute approximate surface area is 179 Å². The zero-order valence-corrected chi connectivity index (χ0v) is 18.1. The summed E-state index contributed by atoms with van der Waals surface area (Å²) in [6.07, 6.45) is 3.52. The lowest BCUT2D eigenvalue weighted by Gasteiger charge is -2.22. The van der Waals surface area contributed by atoms with Crippen LogP contribution in [0.4, 0.5) is 5.82 Å². The first kappa shape index (κ1) is 19.3. The minimum atomic E-state index is -0.695. The molecule has 5 heteroatoms. The summed E-state index contributed by atoms with van der Waals surface area (Å²) in [4.78, 5) is 9.87. The minimum Gasteiger partial charge on any atom is -0.373 e. The molecule has 144 valence electrons. The van der Waals surface area contributed by atoms with Crippen molar-refractivity contribution in [3.05, 3.63) is 74.6 Å².